The smallest absolute Gasteiger partial charge is 0.264 e. The van der Waals surface area contributed by atoms with Crippen molar-refractivity contribution in [1.82, 2.24) is 0 Å². The number of aryl methyl sites for hydroxylation is 1. The van der Waals surface area contributed by atoms with Gasteiger partial charge >= 0.3 is 0 Å². The molecule has 0 N–H and O–H groups in total. The minimum atomic E-state index is -0.000148. The molecular formula is C53H67BN2S. The molecule has 0 saturated heterocycles. The molecule has 0 fully saturated rings. The van der Waals surface area contributed by atoms with E-state index in [1.165, 1.54) is 90.5 Å². The van der Waals surface area contributed by atoms with Crippen molar-refractivity contribution in [2.45, 2.75) is 163 Å². The van der Waals surface area contributed by atoms with Crippen molar-refractivity contribution >= 4 is 67.9 Å². The summed E-state index contributed by atoms with van der Waals surface area (Å²) < 4.78 is 1.51. The van der Waals surface area contributed by atoms with Crippen LogP contribution in [0.1, 0.15) is 162 Å². The van der Waals surface area contributed by atoms with Crippen molar-refractivity contribution in [3.8, 4) is 0 Å². The molecule has 0 bridgehead atoms. The van der Waals surface area contributed by atoms with Crippen molar-refractivity contribution in [2.24, 2.45) is 0 Å². The molecule has 4 aromatic carbocycles. The zero-order valence-corrected chi connectivity index (χ0v) is 39.0. The summed E-state index contributed by atoms with van der Waals surface area (Å²) in [4.78, 5) is 6.92. The van der Waals surface area contributed by atoms with Crippen LogP contribution in [0.3, 0.4) is 0 Å². The third-order valence-electron chi connectivity index (χ3n) is 13.5. The van der Waals surface area contributed by atoms with Crippen LogP contribution in [0, 0.1) is 6.92 Å². The van der Waals surface area contributed by atoms with Crippen molar-refractivity contribution < 1.29 is 0 Å². The Hall–Kier alpha value is -3.76. The molecule has 0 amide bonds. The highest BCUT2D eigenvalue weighted by atomic mass is 32.1. The van der Waals surface area contributed by atoms with Crippen LogP contribution in [0.4, 0.5) is 34.1 Å². The third kappa shape index (κ3) is 6.52. The van der Waals surface area contributed by atoms with E-state index in [2.05, 4.69) is 212 Å². The summed E-state index contributed by atoms with van der Waals surface area (Å²) in [6, 6.07) is 29.4. The molecule has 298 valence electrons. The molecule has 1 aliphatic carbocycles. The van der Waals surface area contributed by atoms with Gasteiger partial charge in [0.05, 0.1) is 5.69 Å². The monoisotopic (exact) mass is 775 g/mol. The summed E-state index contributed by atoms with van der Waals surface area (Å²) in [5.41, 5.74) is 19.3. The van der Waals surface area contributed by atoms with E-state index < -0.39 is 0 Å². The van der Waals surface area contributed by atoms with Crippen molar-refractivity contribution in [2.75, 3.05) is 9.80 Å². The maximum absolute atomic E-state index is 2.70. The molecule has 0 spiro atoms. The van der Waals surface area contributed by atoms with E-state index in [0.29, 0.717) is 0 Å². The molecule has 3 heterocycles. The van der Waals surface area contributed by atoms with Gasteiger partial charge in [-0.25, -0.2) is 0 Å². The molecule has 0 unspecified atom stereocenters. The van der Waals surface area contributed by atoms with Gasteiger partial charge in [-0.15, -0.1) is 0 Å². The topological polar surface area (TPSA) is 6.48 Å². The Balaban J connectivity index is 1.52. The van der Waals surface area contributed by atoms with Gasteiger partial charge in [-0.2, -0.15) is 11.3 Å². The average molecular weight is 775 g/mol. The molecule has 2 aliphatic heterocycles. The van der Waals surface area contributed by atoms with E-state index in [4.69, 9.17) is 0 Å². The van der Waals surface area contributed by atoms with E-state index in [1.54, 1.807) is 10.4 Å². The normalized spacial score (nSPS) is 17.2. The van der Waals surface area contributed by atoms with E-state index in [1.807, 2.05) is 0 Å². The molecule has 4 heteroatoms. The van der Waals surface area contributed by atoms with Crippen molar-refractivity contribution in [3.63, 3.8) is 0 Å². The third-order valence-corrected chi connectivity index (χ3v) is 15.1. The Morgan fingerprint density at radius 2 is 1.04 bits per heavy atom. The summed E-state index contributed by atoms with van der Waals surface area (Å²) in [6.07, 6.45) is 2.38. The molecule has 5 aromatic rings. The molecule has 0 saturated carbocycles. The van der Waals surface area contributed by atoms with Gasteiger partial charge in [-0.05, 0) is 139 Å². The van der Waals surface area contributed by atoms with Crippen molar-refractivity contribution in [3.05, 3.63) is 111 Å². The first-order chi connectivity index (χ1) is 26.2. The van der Waals surface area contributed by atoms with Crippen LogP contribution < -0.4 is 25.5 Å². The fraction of sp³-hybridized carbons (Fsp3) is 0.472. The van der Waals surface area contributed by atoms with Crippen LogP contribution in [-0.4, -0.2) is 6.71 Å². The van der Waals surface area contributed by atoms with Gasteiger partial charge in [-0.3, -0.25) is 0 Å². The quantitative estimate of drug-likeness (QED) is 0.161. The largest absolute Gasteiger partial charge is 0.311 e. The Labute approximate surface area is 350 Å². The minimum Gasteiger partial charge on any atom is -0.311 e. The molecule has 57 heavy (non-hydrogen) atoms. The lowest BCUT2D eigenvalue weighted by Gasteiger charge is -2.46. The SMILES string of the molecule is Cc1cc2c3c(c1)N(c1ccc(C(C)(C)C)cc1)c1c(sc4c1C(C)(C)CCC4(C)C)B3c1cc(C(C)(C)C)ccc1N2c1cc(C(C)(C)C)cc(C(C)(C)C)c1. The second-order valence-electron chi connectivity index (χ2n) is 23.2. The highest BCUT2D eigenvalue weighted by Gasteiger charge is 2.51. The second-order valence-corrected chi connectivity index (χ2v) is 24.2. The number of thiophene rings is 1. The molecule has 8 rings (SSSR count). The number of hydrogen-bond acceptors (Lipinski definition) is 3. The van der Waals surface area contributed by atoms with Crippen LogP contribution in [0.15, 0.2) is 72.8 Å². The predicted octanol–water partition coefficient (Wildman–Crippen LogP) is 13.7. The van der Waals surface area contributed by atoms with Gasteiger partial charge in [0.15, 0.2) is 0 Å². The van der Waals surface area contributed by atoms with Gasteiger partial charge in [0, 0.05) is 38.1 Å². The van der Waals surface area contributed by atoms with Gasteiger partial charge < -0.3 is 9.80 Å². The predicted molar refractivity (Wildman–Crippen MR) is 253 cm³/mol. The number of hydrogen-bond donors (Lipinski definition) is 0. The first-order valence-corrected chi connectivity index (χ1v) is 22.3. The fourth-order valence-electron chi connectivity index (χ4n) is 9.65. The Morgan fingerprint density at radius 1 is 0.526 bits per heavy atom. The van der Waals surface area contributed by atoms with Gasteiger partial charge in [0.2, 0.25) is 0 Å². The van der Waals surface area contributed by atoms with Gasteiger partial charge in [0.1, 0.15) is 0 Å². The van der Waals surface area contributed by atoms with E-state index >= 15 is 0 Å². The van der Waals surface area contributed by atoms with Crippen LogP contribution in [0.5, 0.6) is 0 Å². The lowest BCUT2D eigenvalue weighted by atomic mass is 9.35. The lowest BCUT2D eigenvalue weighted by molar-refractivity contribution is 0.339. The zero-order chi connectivity index (χ0) is 41.6. The lowest BCUT2D eigenvalue weighted by Crippen LogP contribution is -2.61. The molecule has 3 aliphatic rings. The van der Waals surface area contributed by atoms with Crippen LogP contribution in [0.2, 0.25) is 0 Å². The molecule has 0 radical (unpaired) electrons. The number of benzene rings is 4. The van der Waals surface area contributed by atoms with Gasteiger partial charge in [0.25, 0.3) is 6.71 Å². The first-order valence-electron chi connectivity index (χ1n) is 21.5. The minimum absolute atomic E-state index is 0.000148. The standard InChI is InChI=1S/C53H67BN2S/c1-32-26-41-44-42(27-32)56(37-21-18-33(19-22-37)48(2,3)4)45-43-46(53(16,17)25-24-52(43,14)15)57-47(45)54(44)39-31-34(49(5,6)7)20-23-40(39)55(41)38-29-35(50(8,9)10)28-36(30-38)51(11,12)13/h18-23,26-31H,24-25H2,1-17H3. The number of anilines is 6. The van der Waals surface area contributed by atoms with E-state index in [-0.39, 0.29) is 39.2 Å². The number of fused-ring (bicyclic) bond motifs is 6. The zero-order valence-electron chi connectivity index (χ0n) is 38.2. The highest BCUT2D eigenvalue weighted by Crippen LogP contribution is 2.56. The molecule has 2 nitrogen and oxygen atoms in total. The molecule has 1 aromatic heterocycles. The summed E-state index contributed by atoms with van der Waals surface area (Å²) in [5.74, 6) is 0. The average Bonchev–Trinajstić information content (AvgIpc) is 3.51. The van der Waals surface area contributed by atoms with Crippen LogP contribution in [0.25, 0.3) is 0 Å². The van der Waals surface area contributed by atoms with Crippen molar-refractivity contribution in [1.29, 1.82) is 0 Å². The molecular weight excluding hydrogens is 707 g/mol. The summed E-state index contributed by atoms with van der Waals surface area (Å²) in [6.45, 7) is 40.6. The Morgan fingerprint density at radius 3 is 1.58 bits per heavy atom. The first kappa shape index (κ1) is 40.0. The maximum atomic E-state index is 2.70. The van der Waals surface area contributed by atoms with E-state index in [0.717, 1.165) is 0 Å². The Kier molecular flexibility index (Phi) is 8.87. The van der Waals surface area contributed by atoms with Crippen LogP contribution in [-0.2, 0) is 32.5 Å². The molecule has 0 atom stereocenters. The van der Waals surface area contributed by atoms with Crippen LogP contribution >= 0.6 is 11.3 Å². The second kappa shape index (κ2) is 12.6. The Bertz CT molecular complexity index is 2380. The number of rotatable bonds is 2. The summed E-state index contributed by atoms with van der Waals surface area (Å²) >= 11 is 2.12. The fourth-order valence-corrected chi connectivity index (χ4v) is 11.4. The maximum Gasteiger partial charge on any atom is 0.264 e. The van der Waals surface area contributed by atoms with Gasteiger partial charge in [-0.1, -0.05) is 141 Å². The highest BCUT2D eigenvalue weighted by molar-refractivity contribution is 7.29. The summed E-state index contributed by atoms with van der Waals surface area (Å²) in [5, 5.41) is 0. The number of nitrogens with zero attached hydrogens (tertiary/aromatic N) is 2. The van der Waals surface area contributed by atoms with E-state index in [9.17, 15) is 0 Å². The summed E-state index contributed by atoms with van der Waals surface area (Å²) in [7, 11) is 0.